The van der Waals surface area contributed by atoms with Crippen LogP contribution in [0.2, 0.25) is 0 Å². The number of aliphatic hydroxyl groups is 1. The van der Waals surface area contributed by atoms with Gasteiger partial charge in [-0.2, -0.15) is 0 Å². The number of benzene rings is 1. The molecule has 0 bridgehead atoms. The second-order valence-corrected chi connectivity index (χ2v) is 5.54. The minimum Gasteiger partial charge on any atom is -0.396 e. The number of amides is 1. The molecule has 1 saturated carbocycles. The monoisotopic (exact) mass is 284 g/mol. The topological polar surface area (TPSA) is 53.4 Å². The Hall–Kier alpha value is -1.94. The van der Waals surface area contributed by atoms with Crippen LogP contribution in [0.3, 0.4) is 0 Å². The maximum Gasteiger partial charge on any atom is 0.256 e. The van der Waals surface area contributed by atoms with Crippen molar-refractivity contribution in [2.24, 2.45) is 0 Å². The van der Waals surface area contributed by atoms with Crippen molar-refractivity contribution in [1.82, 2.24) is 9.88 Å². The fraction of sp³-hybridized carbons (Fsp3) is 0.412. The van der Waals surface area contributed by atoms with Gasteiger partial charge in [-0.1, -0.05) is 18.2 Å². The average Bonchev–Trinajstić information content (AvgIpc) is 2.48. The first-order chi connectivity index (χ1) is 10.3. The van der Waals surface area contributed by atoms with Gasteiger partial charge >= 0.3 is 0 Å². The van der Waals surface area contributed by atoms with Crippen molar-refractivity contribution in [3.63, 3.8) is 0 Å². The molecule has 3 rings (SSSR count). The van der Waals surface area contributed by atoms with Crippen LogP contribution in [0.25, 0.3) is 10.9 Å². The van der Waals surface area contributed by atoms with Crippen LogP contribution in [0.4, 0.5) is 0 Å². The number of nitrogens with zero attached hydrogens (tertiary/aromatic N) is 2. The lowest BCUT2D eigenvalue weighted by atomic mass is 9.90. The second kappa shape index (κ2) is 6.22. The van der Waals surface area contributed by atoms with Crippen LogP contribution in [0, 0.1) is 0 Å². The zero-order chi connectivity index (χ0) is 14.7. The predicted molar refractivity (Wildman–Crippen MR) is 82.1 cm³/mol. The molecule has 1 aromatic carbocycles. The minimum atomic E-state index is 0.0393. The number of carbonyl (C=O) groups excluding carboxylic acids is 1. The Kier molecular flexibility index (Phi) is 4.15. The van der Waals surface area contributed by atoms with Gasteiger partial charge in [-0.25, -0.2) is 0 Å². The number of aromatic nitrogens is 1. The first-order valence-corrected chi connectivity index (χ1v) is 7.57. The minimum absolute atomic E-state index is 0.0393. The Morgan fingerprint density at radius 2 is 2.10 bits per heavy atom. The van der Waals surface area contributed by atoms with E-state index in [9.17, 15) is 4.79 Å². The van der Waals surface area contributed by atoms with Gasteiger partial charge in [0.2, 0.25) is 0 Å². The van der Waals surface area contributed by atoms with Crippen LogP contribution in [-0.2, 0) is 0 Å². The van der Waals surface area contributed by atoms with Gasteiger partial charge in [0.05, 0.1) is 11.1 Å². The molecule has 0 spiro atoms. The van der Waals surface area contributed by atoms with Crippen molar-refractivity contribution in [2.45, 2.75) is 31.7 Å². The zero-order valence-electron chi connectivity index (χ0n) is 12.0. The summed E-state index contributed by atoms with van der Waals surface area (Å²) in [6.45, 7) is 0.730. The quantitative estimate of drug-likeness (QED) is 0.918. The van der Waals surface area contributed by atoms with Gasteiger partial charge < -0.3 is 10.0 Å². The lowest BCUT2D eigenvalue weighted by Gasteiger charge is -2.37. The molecule has 1 aliphatic carbocycles. The largest absolute Gasteiger partial charge is 0.396 e. The smallest absolute Gasteiger partial charge is 0.256 e. The molecule has 4 nitrogen and oxygen atoms in total. The van der Waals surface area contributed by atoms with Crippen molar-refractivity contribution in [2.75, 3.05) is 13.2 Å². The zero-order valence-corrected chi connectivity index (χ0v) is 12.0. The van der Waals surface area contributed by atoms with Crippen molar-refractivity contribution in [1.29, 1.82) is 0 Å². The number of aliphatic hydroxyl groups excluding tert-OH is 1. The van der Waals surface area contributed by atoms with Crippen molar-refractivity contribution < 1.29 is 9.90 Å². The number of hydrogen-bond donors (Lipinski definition) is 1. The standard InChI is InChI=1S/C17H20N2O2/c20-12-4-11-19(14-7-2-8-14)17(21)15-9-1-5-13-6-3-10-18-16(13)15/h1,3,5-6,9-10,14,20H,2,4,7-8,11-12H2. The van der Waals surface area contributed by atoms with Crippen LogP contribution in [0.5, 0.6) is 0 Å². The van der Waals surface area contributed by atoms with Crippen LogP contribution in [0.15, 0.2) is 36.5 Å². The molecule has 1 heterocycles. The molecule has 0 atom stereocenters. The van der Waals surface area contributed by atoms with Crippen molar-refractivity contribution in [3.05, 3.63) is 42.1 Å². The molecule has 1 N–H and O–H groups in total. The van der Waals surface area contributed by atoms with Crippen molar-refractivity contribution in [3.8, 4) is 0 Å². The number of carbonyl (C=O) groups is 1. The van der Waals surface area contributed by atoms with Gasteiger partial charge in [0, 0.05) is 30.8 Å². The summed E-state index contributed by atoms with van der Waals surface area (Å²) in [5, 5.41) is 10.0. The number of hydrogen-bond acceptors (Lipinski definition) is 3. The molecule has 1 aliphatic rings. The molecule has 0 radical (unpaired) electrons. The summed E-state index contributed by atoms with van der Waals surface area (Å²) >= 11 is 0. The van der Waals surface area contributed by atoms with E-state index in [-0.39, 0.29) is 12.5 Å². The molecule has 2 aromatic rings. The fourth-order valence-electron chi connectivity index (χ4n) is 2.82. The molecule has 0 unspecified atom stereocenters. The lowest BCUT2D eigenvalue weighted by Crippen LogP contribution is -2.45. The highest BCUT2D eigenvalue weighted by Gasteiger charge is 2.29. The van der Waals surface area contributed by atoms with E-state index in [0.29, 0.717) is 24.6 Å². The summed E-state index contributed by atoms with van der Waals surface area (Å²) in [5.74, 6) is 0.0393. The summed E-state index contributed by atoms with van der Waals surface area (Å²) in [6, 6.07) is 9.90. The van der Waals surface area contributed by atoms with Gasteiger partial charge in [-0.3, -0.25) is 9.78 Å². The maximum atomic E-state index is 12.9. The molecule has 1 amide bonds. The highest BCUT2D eigenvalue weighted by molar-refractivity contribution is 6.05. The van der Waals surface area contributed by atoms with Crippen LogP contribution < -0.4 is 0 Å². The summed E-state index contributed by atoms with van der Waals surface area (Å²) in [5.41, 5.74) is 1.43. The van der Waals surface area contributed by atoms with Crippen LogP contribution >= 0.6 is 0 Å². The fourth-order valence-corrected chi connectivity index (χ4v) is 2.82. The first kappa shape index (κ1) is 14.0. The van der Waals surface area contributed by atoms with Gasteiger partial charge in [-0.15, -0.1) is 0 Å². The number of fused-ring (bicyclic) bond motifs is 1. The third kappa shape index (κ3) is 2.76. The van der Waals surface area contributed by atoms with E-state index < -0.39 is 0 Å². The number of pyridine rings is 1. The van der Waals surface area contributed by atoms with Gasteiger partial charge in [0.15, 0.2) is 0 Å². The third-order valence-corrected chi connectivity index (χ3v) is 4.20. The summed E-state index contributed by atoms with van der Waals surface area (Å²) < 4.78 is 0. The second-order valence-electron chi connectivity index (χ2n) is 5.54. The summed E-state index contributed by atoms with van der Waals surface area (Å²) in [4.78, 5) is 19.2. The number of rotatable bonds is 5. The molecule has 0 aliphatic heterocycles. The Morgan fingerprint density at radius 3 is 2.81 bits per heavy atom. The Balaban J connectivity index is 1.93. The van der Waals surface area contributed by atoms with E-state index in [1.807, 2.05) is 35.2 Å². The van der Waals surface area contributed by atoms with Crippen LogP contribution in [-0.4, -0.2) is 40.1 Å². The van der Waals surface area contributed by atoms with E-state index in [0.717, 1.165) is 23.7 Å². The first-order valence-electron chi connectivity index (χ1n) is 7.57. The number of para-hydroxylation sites is 1. The summed E-state index contributed by atoms with van der Waals surface area (Å²) in [7, 11) is 0. The molecule has 0 saturated heterocycles. The highest BCUT2D eigenvalue weighted by Crippen LogP contribution is 2.27. The molecule has 1 aromatic heterocycles. The average molecular weight is 284 g/mol. The third-order valence-electron chi connectivity index (χ3n) is 4.20. The molecular formula is C17H20N2O2. The van der Waals surface area contributed by atoms with E-state index >= 15 is 0 Å². The molecular weight excluding hydrogens is 264 g/mol. The van der Waals surface area contributed by atoms with Crippen molar-refractivity contribution >= 4 is 16.8 Å². The van der Waals surface area contributed by atoms with E-state index in [1.54, 1.807) is 6.20 Å². The van der Waals surface area contributed by atoms with Gasteiger partial charge in [-0.05, 0) is 37.8 Å². The highest BCUT2D eigenvalue weighted by atomic mass is 16.3. The maximum absolute atomic E-state index is 12.9. The van der Waals surface area contributed by atoms with E-state index in [2.05, 4.69) is 4.98 Å². The Labute approximate surface area is 124 Å². The van der Waals surface area contributed by atoms with Gasteiger partial charge in [0.25, 0.3) is 5.91 Å². The molecule has 1 fully saturated rings. The van der Waals surface area contributed by atoms with Gasteiger partial charge in [0.1, 0.15) is 0 Å². The van der Waals surface area contributed by atoms with Crippen LogP contribution in [0.1, 0.15) is 36.0 Å². The van der Waals surface area contributed by atoms with E-state index in [4.69, 9.17) is 5.11 Å². The molecule has 4 heteroatoms. The lowest BCUT2D eigenvalue weighted by molar-refractivity contribution is 0.0564. The van der Waals surface area contributed by atoms with E-state index in [1.165, 1.54) is 6.42 Å². The Morgan fingerprint density at radius 1 is 1.29 bits per heavy atom. The SMILES string of the molecule is O=C(c1cccc2cccnc12)N(CCCO)C1CCC1. The molecule has 21 heavy (non-hydrogen) atoms. The Bertz CT molecular complexity index is 632. The normalized spacial score (nSPS) is 14.9. The molecule has 110 valence electrons. The predicted octanol–water partition coefficient (Wildman–Crippen LogP) is 2.61. The summed E-state index contributed by atoms with van der Waals surface area (Å²) in [6.07, 6.45) is 5.66.